The first-order chi connectivity index (χ1) is 10.2. The molecule has 0 atom stereocenters. The summed E-state index contributed by atoms with van der Waals surface area (Å²) in [6, 6.07) is 5.74. The molecule has 3 heteroatoms. The van der Waals surface area contributed by atoms with Crippen LogP contribution in [0.4, 0.5) is 0 Å². The normalized spacial score (nSPS) is 16.1. The van der Waals surface area contributed by atoms with E-state index in [2.05, 4.69) is 0 Å². The minimum absolute atomic E-state index is 0.143. The molecule has 0 heterocycles. The fourth-order valence-electron chi connectivity index (χ4n) is 2.79. The van der Waals surface area contributed by atoms with Crippen LogP contribution in [0.1, 0.15) is 44.6 Å². The molecule has 1 aromatic carbocycles. The average Bonchev–Trinajstić information content (AvgIpc) is 2.54. The Labute approximate surface area is 127 Å². The zero-order chi connectivity index (χ0) is 15.1. The van der Waals surface area contributed by atoms with Gasteiger partial charge in [0, 0.05) is 5.92 Å². The number of benzene rings is 1. The van der Waals surface area contributed by atoms with Crippen molar-refractivity contribution in [1.82, 2.24) is 0 Å². The minimum atomic E-state index is 0.143. The molecule has 2 rings (SSSR count). The maximum Gasteiger partial charge on any atom is 0.173 e. The van der Waals surface area contributed by atoms with Crippen LogP contribution in [0.2, 0.25) is 0 Å². The van der Waals surface area contributed by atoms with Gasteiger partial charge in [-0.15, -0.1) is 0 Å². The summed E-state index contributed by atoms with van der Waals surface area (Å²) in [5.41, 5.74) is 1.06. The summed E-state index contributed by atoms with van der Waals surface area (Å²) >= 11 is 0. The Kier molecular flexibility index (Phi) is 5.85. The van der Waals surface area contributed by atoms with E-state index in [0.717, 1.165) is 31.2 Å². The van der Waals surface area contributed by atoms with Gasteiger partial charge in [0.15, 0.2) is 17.3 Å². The van der Waals surface area contributed by atoms with Crippen LogP contribution in [-0.4, -0.2) is 19.5 Å². The molecule has 114 valence electrons. The number of ether oxygens (including phenoxy) is 2. The van der Waals surface area contributed by atoms with Gasteiger partial charge in [0.1, 0.15) is 6.61 Å². The summed E-state index contributed by atoms with van der Waals surface area (Å²) in [5, 5.41) is 0. The summed E-state index contributed by atoms with van der Waals surface area (Å²) in [5.74, 6) is 1.71. The molecule has 1 aliphatic carbocycles. The van der Waals surface area contributed by atoms with E-state index in [9.17, 15) is 4.79 Å². The zero-order valence-corrected chi connectivity index (χ0v) is 12.9. The maximum atomic E-state index is 12.2. The molecule has 1 aliphatic rings. The van der Waals surface area contributed by atoms with Crippen LogP contribution in [0.15, 0.2) is 24.3 Å². The zero-order valence-electron chi connectivity index (χ0n) is 12.9. The molecule has 0 spiro atoms. The number of allylic oxidation sites excluding steroid dienone is 1. The van der Waals surface area contributed by atoms with Crippen molar-refractivity contribution >= 4 is 11.9 Å². The molecule has 0 radical (unpaired) electrons. The topological polar surface area (TPSA) is 35.5 Å². The van der Waals surface area contributed by atoms with Gasteiger partial charge in [0.25, 0.3) is 0 Å². The van der Waals surface area contributed by atoms with Gasteiger partial charge in [0.05, 0.1) is 7.11 Å². The molecule has 1 aromatic rings. The molecule has 0 bridgehead atoms. The number of carbonyl (C=O) groups is 1. The molecule has 0 aliphatic heterocycles. The smallest absolute Gasteiger partial charge is 0.173 e. The third kappa shape index (κ3) is 4.35. The van der Waals surface area contributed by atoms with Crippen LogP contribution < -0.4 is 9.47 Å². The number of rotatable bonds is 6. The van der Waals surface area contributed by atoms with Crippen molar-refractivity contribution in [1.29, 1.82) is 0 Å². The van der Waals surface area contributed by atoms with Crippen molar-refractivity contribution in [3.05, 3.63) is 29.8 Å². The Morgan fingerprint density at radius 2 is 2.00 bits per heavy atom. The average molecular weight is 288 g/mol. The summed E-state index contributed by atoms with van der Waals surface area (Å²) < 4.78 is 11.0. The minimum Gasteiger partial charge on any atom is -0.493 e. The molecule has 1 fully saturated rings. The third-order valence-electron chi connectivity index (χ3n) is 3.98. The van der Waals surface area contributed by atoms with Crippen molar-refractivity contribution in [3.8, 4) is 11.5 Å². The molecule has 1 saturated carbocycles. The lowest BCUT2D eigenvalue weighted by Gasteiger charge is -2.20. The second kappa shape index (κ2) is 7.87. The molecule has 0 unspecified atom stereocenters. The molecular formula is C18H24O3. The van der Waals surface area contributed by atoms with Gasteiger partial charge in [-0.2, -0.15) is 0 Å². The summed E-state index contributed by atoms with van der Waals surface area (Å²) in [6.45, 7) is 2.11. The Hall–Kier alpha value is -1.77. The fourth-order valence-corrected chi connectivity index (χ4v) is 2.79. The quantitative estimate of drug-likeness (QED) is 0.784. The Balaban J connectivity index is 1.97. The van der Waals surface area contributed by atoms with Crippen molar-refractivity contribution in [2.24, 2.45) is 5.92 Å². The number of hydrogen-bond acceptors (Lipinski definition) is 3. The van der Waals surface area contributed by atoms with E-state index in [1.54, 1.807) is 7.11 Å². The number of carbonyl (C=O) groups excluding carboxylic acids is 1. The van der Waals surface area contributed by atoms with E-state index in [-0.39, 0.29) is 18.3 Å². The predicted molar refractivity (Wildman–Crippen MR) is 84.8 cm³/mol. The number of hydrogen-bond donors (Lipinski definition) is 0. The highest BCUT2D eigenvalue weighted by Crippen LogP contribution is 2.29. The lowest BCUT2D eigenvalue weighted by Crippen LogP contribution is -2.23. The van der Waals surface area contributed by atoms with Gasteiger partial charge in [-0.25, -0.2) is 0 Å². The van der Waals surface area contributed by atoms with E-state index in [4.69, 9.17) is 9.47 Å². The van der Waals surface area contributed by atoms with Crippen molar-refractivity contribution < 1.29 is 14.3 Å². The Morgan fingerprint density at radius 1 is 1.24 bits per heavy atom. The second-order valence-corrected chi connectivity index (χ2v) is 5.50. The van der Waals surface area contributed by atoms with E-state index < -0.39 is 0 Å². The molecule has 21 heavy (non-hydrogen) atoms. The molecule has 0 amide bonds. The van der Waals surface area contributed by atoms with Gasteiger partial charge in [-0.3, -0.25) is 4.79 Å². The number of Topliss-reactive ketones (excluding diaryl/α,β-unsaturated/α-hetero) is 1. The first-order valence-electron chi connectivity index (χ1n) is 7.71. The van der Waals surface area contributed by atoms with Crippen LogP contribution in [0.25, 0.3) is 6.08 Å². The van der Waals surface area contributed by atoms with Crippen LogP contribution in [0.3, 0.4) is 0 Å². The van der Waals surface area contributed by atoms with Crippen LogP contribution >= 0.6 is 0 Å². The highest BCUT2D eigenvalue weighted by atomic mass is 16.5. The lowest BCUT2D eigenvalue weighted by atomic mass is 9.86. The number of ketones is 1. The van der Waals surface area contributed by atoms with Crippen molar-refractivity contribution in [3.63, 3.8) is 0 Å². The molecule has 0 N–H and O–H groups in total. The van der Waals surface area contributed by atoms with Gasteiger partial charge in [-0.05, 0) is 37.5 Å². The third-order valence-corrected chi connectivity index (χ3v) is 3.98. The maximum absolute atomic E-state index is 12.2. The highest BCUT2D eigenvalue weighted by molar-refractivity contribution is 5.82. The van der Waals surface area contributed by atoms with E-state index in [0.29, 0.717) is 11.5 Å². The van der Waals surface area contributed by atoms with E-state index >= 15 is 0 Å². The predicted octanol–water partition coefficient (Wildman–Crippen LogP) is 4.26. The lowest BCUT2D eigenvalue weighted by molar-refractivity contribution is -0.125. The molecule has 0 saturated heterocycles. The van der Waals surface area contributed by atoms with E-state index in [1.807, 2.05) is 37.3 Å². The SMILES string of the molecule is C/C=C/c1ccc(OCC(=O)C2CCCCC2)c(OC)c1. The van der Waals surface area contributed by atoms with Crippen molar-refractivity contribution in [2.75, 3.05) is 13.7 Å². The molecule has 3 nitrogen and oxygen atoms in total. The first-order valence-corrected chi connectivity index (χ1v) is 7.71. The standard InChI is InChI=1S/C18H24O3/c1-3-7-14-10-11-17(18(12-14)20-2)21-13-16(19)15-8-5-4-6-9-15/h3,7,10-12,15H,4-6,8-9,13H2,1-2H3/b7-3+. The van der Waals surface area contributed by atoms with Gasteiger partial charge >= 0.3 is 0 Å². The van der Waals surface area contributed by atoms with Gasteiger partial charge < -0.3 is 9.47 Å². The first kappa shape index (κ1) is 15.6. The Bertz CT molecular complexity index is 499. The van der Waals surface area contributed by atoms with Crippen LogP contribution in [0, 0.1) is 5.92 Å². The van der Waals surface area contributed by atoms with E-state index in [1.165, 1.54) is 6.42 Å². The summed E-state index contributed by atoms with van der Waals surface area (Å²) in [7, 11) is 1.62. The molecular weight excluding hydrogens is 264 g/mol. The van der Waals surface area contributed by atoms with Gasteiger partial charge in [0.2, 0.25) is 0 Å². The Morgan fingerprint density at radius 3 is 2.67 bits per heavy atom. The second-order valence-electron chi connectivity index (χ2n) is 5.50. The van der Waals surface area contributed by atoms with Gasteiger partial charge in [-0.1, -0.05) is 37.5 Å². The summed E-state index contributed by atoms with van der Waals surface area (Å²) in [4.78, 5) is 12.2. The van der Waals surface area contributed by atoms with Crippen LogP contribution in [-0.2, 0) is 4.79 Å². The fraction of sp³-hybridized carbons (Fsp3) is 0.500. The van der Waals surface area contributed by atoms with Crippen molar-refractivity contribution in [2.45, 2.75) is 39.0 Å². The number of methoxy groups -OCH3 is 1. The largest absolute Gasteiger partial charge is 0.493 e. The monoisotopic (exact) mass is 288 g/mol. The molecule has 0 aromatic heterocycles. The summed E-state index contributed by atoms with van der Waals surface area (Å²) in [6.07, 6.45) is 9.58. The highest BCUT2D eigenvalue weighted by Gasteiger charge is 2.21. The van der Waals surface area contributed by atoms with Crippen LogP contribution in [0.5, 0.6) is 11.5 Å².